The summed E-state index contributed by atoms with van der Waals surface area (Å²) in [5.74, 6) is 0.975. The highest BCUT2D eigenvalue weighted by atomic mass is 14.1. The van der Waals surface area contributed by atoms with Gasteiger partial charge < -0.3 is 0 Å². The van der Waals surface area contributed by atoms with E-state index < -0.39 is 0 Å². The Hall–Kier alpha value is 0. The first-order chi connectivity index (χ1) is 6.81. The molecule has 0 heteroatoms. The Bertz CT molecular complexity index is 66.1. The maximum atomic E-state index is 2.41. The predicted molar refractivity (Wildman–Crippen MR) is 68.8 cm³/mol. The molecule has 14 heavy (non-hydrogen) atoms. The van der Waals surface area contributed by atoms with Crippen LogP contribution >= 0.6 is 0 Å². The van der Waals surface area contributed by atoms with E-state index in [0.29, 0.717) is 0 Å². The number of hydrogen-bond donors (Lipinski definition) is 0. The molecule has 0 unspecified atom stereocenters. The molecule has 0 rings (SSSR count). The van der Waals surface area contributed by atoms with Crippen LogP contribution in [0.15, 0.2) is 0 Å². The SMILES string of the molecule is CC.CCCCCC(C)CCCCC. The summed E-state index contributed by atoms with van der Waals surface area (Å²) < 4.78 is 0. The second-order valence-electron chi connectivity index (χ2n) is 4.10. The zero-order valence-electron chi connectivity index (χ0n) is 11.2. The largest absolute Gasteiger partial charge is 0.0683 e. The predicted octanol–water partition coefficient (Wildman–Crippen LogP) is 5.81. The topological polar surface area (TPSA) is 0 Å². The number of hydrogen-bond acceptors (Lipinski definition) is 0. The zero-order chi connectivity index (χ0) is 11.2. The van der Waals surface area contributed by atoms with Crippen molar-refractivity contribution in [3.05, 3.63) is 0 Å². The van der Waals surface area contributed by atoms with E-state index in [0.717, 1.165) is 5.92 Å². The Morgan fingerprint density at radius 2 is 1.07 bits per heavy atom. The lowest BCUT2D eigenvalue weighted by molar-refractivity contribution is 0.442. The zero-order valence-corrected chi connectivity index (χ0v) is 11.2. The van der Waals surface area contributed by atoms with E-state index in [1.165, 1.54) is 51.4 Å². The van der Waals surface area contributed by atoms with Crippen molar-refractivity contribution in [3.63, 3.8) is 0 Å². The summed E-state index contributed by atoms with van der Waals surface area (Å²) in [6.45, 7) is 11.0. The van der Waals surface area contributed by atoms with Crippen LogP contribution in [0, 0.1) is 5.92 Å². The molecular formula is C14H32. The third kappa shape index (κ3) is 14.5. The van der Waals surface area contributed by atoms with Gasteiger partial charge in [-0.2, -0.15) is 0 Å². The lowest BCUT2D eigenvalue weighted by Gasteiger charge is -2.09. The van der Waals surface area contributed by atoms with Crippen LogP contribution in [-0.2, 0) is 0 Å². The van der Waals surface area contributed by atoms with Crippen LogP contribution < -0.4 is 0 Å². The molecule has 0 atom stereocenters. The van der Waals surface area contributed by atoms with E-state index >= 15 is 0 Å². The van der Waals surface area contributed by atoms with Gasteiger partial charge in [0.1, 0.15) is 0 Å². The minimum Gasteiger partial charge on any atom is -0.0683 e. The lowest BCUT2D eigenvalue weighted by atomic mass is 9.97. The molecule has 88 valence electrons. The van der Waals surface area contributed by atoms with E-state index in [1.807, 2.05) is 13.8 Å². The van der Waals surface area contributed by atoms with Crippen LogP contribution in [0.2, 0.25) is 0 Å². The average Bonchev–Trinajstić information content (AvgIpc) is 2.22. The van der Waals surface area contributed by atoms with Gasteiger partial charge in [0, 0.05) is 0 Å². The van der Waals surface area contributed by atoms with Crippen molar-refractivity contribution in [2.24, 2.45) is 5.92 Å². The third-order valence-electron chi connectivity index (χ3n) is 2.60. The first-order valence-electron chi connectivity index (χ1n) is 6.81. The summed E-state index contributed by atoms with van der Waals surface area (Å²) in [4.78, 5) is 0. The summed E-state index contributed by atoms with van der Waals surface area (Å²) in [7, 11) is 0. The number of unbranched alkanes of at least 4 members (excludes halogenated alkanes) is 4. The molecule has 0 aliphatic rings. The van der Waals surface area contributed by atoms with Crippen LogP contribution in [0.25, 0.3) is 0 Å². The minimum absolute atomic E-state index is 0.975. The van der Waals surface area contributed by atoms with Crippen molar-refractivity contribution in [1.82, 2.24) is 0 Å². The normalized spacial score (nSPS) is 9.86. The van der Waals surface area contributed by atoms with Crippen molar-refractivity contribution in [2.75, 3.05) is 0 Å². The van der Waals surface area contributed by atoms with Crippen LogP contribution in [0.3, 0.4) is 0 Å². The fourth-order valence-corrected chi connectivity index (χ4v) is 1.63. The third-order valence-corrected chi connectivity index (χ3v) is 2.60. The molecule has 0 aromatic carbocycles. The van der Waals surface area contributed by atoms with Gasteiger partial charge in [0.05, 0.1) is 0 Å². The van der Waals surface area contributed by atoms with Gasteiger partial charge in [-0.25, -0.2) is 0 Å². The van der Waals surface area contributed by atoms with E-state index in [2.05, 4.69) is 20.8 Å². The Morgan fingerprint density at radius 3 is 1.36 bits per heavy atom. The van der Waals surface area contributed by atoms with Gasteiger partial charge in [-0.05, 0) is 5.92 Å². The molecule has 0 nitrogen and oxygen atoms in total. The molecule has 0 saturated heterocycles. The minimum atomic E-state index is 0.975. The average molecular weight is 200 g/mol. The second-order valence-corrected chi connectivity index (χ2v) is 4.10. The summed E-state index contributed by atoms with van der Waals surface area (Å²) in [5, 5.41) is 0. The van der Waals surface area contributed by atoms with Crippen molar-refractivity contribution >= 4 is 0 Å². The first-order valence-corrected chi connectivity index (χ1v) is 6.81. The van der Waals surface area contributed by atoms with Crippen LogP contribution in [0.1, 0.15) is 86.0 Å². The summed E-state index contributed by atoms with van der Waals surface area (Å²) in [6.07, 6.45) is 11.4. The van der Waals surface area contributed by atoms with Gasteiger partial charge in [-0.3, -0.25) is 0 Å². The molecule has 0 aromatic heterocycles. The molecule has 0 bridgehead atoms. The molecule has 0 fully saturated rings. The molecule has 0 spiro atoms. The van der Waals surface area contributed by atoms with Gasteiger partial charge in [0.25, 0.3) is 0 Å². The van der Waals surface area contributed by atoms with Gasteiger partial charge in [-0.1, -0.05) is 86.0 Å². The van der Waals surface area contributed by atoms with Gasteiger partial charge >= 0.3 is 0 Å². The molecule has 0 heterocycles. The maximum absolute atomic E-state index is 2.41. The van der Waals surface area contributed by atoms with Gasteiger partial charge in [-0.15, -0.1) is 0 Å². The van der Waals surface area contributed by atoms with Crippen molar-refractivity contribution < 1.29 is 0 Å². The molecule has 0 saturated carbocycles. The highest BCUT2D eigenvalue weighted by molar-refractivity contribution is 4.53. The molecule has 0 aliphatic carbocycles. The van der Waals surface area contributed by atoms with Crippen molar-refractivity contribution in [3.8, 4) is 0 Å². The summed E-state index contributed by atoms with van der Waals surface area (Å²) in [6, 6.07) is 0. The lowest BCUT2D eigenvalue weighted by Crippen LogP contribution is -1.94. The number of rotatable bonds is 8. The van der Waals surface area contributed by atoms with Gasteiger partial charge in [0.15, 0.2) is 0 Å². The molecule has 0 aliphatic heterocycles. The molecule has 0 N–H and O–H groups in total. The highest BCUT2D eigenvalue weighted by Crippen LogP contribution is 2.16. The van der Waals surface area contributed by atoms with E-state index in [9.17, 15) is 0 Å². The fourth-order valence-electron chi connectivity index (χ4n) is 1.63. The van der Waals surface area contributed by atoms with Crippen molar-refractivity contribution in [2.45, 2.75) is 86.0 Å². The fraction of sp³-hybridized carbons (Fsp3) is 1.00. The smallest absolute Gasteiger partial charge is 0.0443 e. The maximum Gasteiger partial charge on any atom is -0.0443 e. The summed E-state index contributed by atoms with van der Waals surface area (Å²) >= 11 is 0. The van der Waals surface area contributed by atoms with Crippen LogP contribution in [0.5, 0.6) is 0 Å². The molecule has 0 radical (unpaired) electrons. The van der Waals surface area contributed by atoms with E-state index in [4.69, 9.17) is 0 Å². The van der Waals surface area contributed by atoms with Crippen LogP contribution in [0.4, 0.5) is 0 Å². The molecular weight excluding hydrogens is 168 g/mol. The Balaban J connectivity index is 0. The van der Waals surface area contributed by atoms with E-state index in [-0.39, 0.29) is 0 Å². The standard InChI is InChI=1S/C12H26.C2H6/c1-4-6-8-10-12(3)11-9-7-5-2;1-2/h12H,4-11H2,1-3H3;1-2H3. The monoisotopic (exact) mass is 200 g/mol. The first kappa shape index (κ1) is 16.4. The Labute approximate surface area is 92.5 Å². The summed E-state index contributed by atoms with van der Waals surface area (Å²) in [5.41, 5.74) is 0. The van der Waals surface area contributed by atoms with Crippen molar-refractivity contribution in [1.29, 1.82) is 0 Å². The quantitative estimate of drug-likeness (QED) is 0.434. The highest BCUT2D eigenvalue weighted by Gasteiger charge is 2.00. The Morgan fingerprint density at radius 1 is 0.714 bits per heavy atom. The van der Waals surface area contributed by atoms with Gasteiger partial charge in [0.2, 0.25) is 0 Å². The molecule has 0 amide bonds. The second kappa shape index (κ2) is 15.5. The molecule has 0 aromatic rings. The Kier molecular flexibility index (Phi) is 18.2. The van der Waals surface area contributed by atoms with Crippen LogP contribution in [-0.4, -0.2) is 0 Å². The van der Waals surface area contributed by atoms with E-state index in [1.54, 1.807) is 0 Å².